The van der Waals surface area contributed by atoms with Crippen LogP contribution in [0.3, 0.4) is 0 Å². The van der Waals surface area contributed by atoms with Gasteiger partial charge in [0, 0.05) is 11.1 Å². The van der Waals surface area contributed by atoms with Gasteiger partial charge in [0.2, 0.25) is 0 Å². The van der Waals surface area contributed by atoms with Crippen molar-refractivity contribution >= 4 is 22.5 Å². The number of para-hydroxylation sites is 1. The third kappa shape index (κ3) is 2.93. The number of benzene rings is 3. The van der Waals surface area contributed by atoms with Crippen molar-refractivity contribution in [3.63, 3.8) is 0 Å². The first-order valence-electron chi connectivity index (χ1n) is 7.92. The molecule has 1 heterocycles. The van der Waals surface area contributed by atoms with Crippen molar-refractivity contribution in [2.45, 2.75) is 0 Å². The Hall–Kier alpha value is -3.54. The average molecular weight is 349 g/mol. The Morgan fingerprint density at radius 1 is 0.846 bits per heavy atom. The molecule has 0 atom stereocenters. The fraction of sp³-hybridized carbons (Fsp3) is 0. The SMILES string of the molecule is O=C(Nc1ccc(F)cc1)c1nn(-c2ccc(F)cc2)c2ccccc12. The molecule has 0 bridgehead atoms. The third-order valence-electron chi connectivity index (χ3n) is 3.98. The van der Waals surface area contributed by atoms with Crippen molar-refractivity contribution in [1.29, 1.82) is 0 Å². The predicted octanol–water partition coefficient (Wildman–Crippen LogP) is 4.56. The van der Waals surface area contributed by atoms with Crippen LogP contribution in [0.1, 0.15) is 10.5 Å². The fourth-order valence-corrected chi connectivity index (χ4v) is 2.74. The first-order valence-corrected chi connectivity index (χ1v) is 7.92. The summed E-state index contributed by atoms with van der Waals surface area (Å²) in [7, 11) is 0. The maximum Gasteiger partial charge on any atom is 0.276 e. The van der Waals surface area contributed by atoms with Crippen molar-refractivity contribution in [2.24, 2.45) is 0 Å². The summed E-state index contributed by atoms with van der Waals surface area (Å²) >= 11 is 0. The van der Waals surface area contributed by atoms with Crippen LogP contribution >= 0.6 is 0 Å². The minimum absolute atomic E-state index is 0.231. The Kier molecular flexibility index (Phi) is 3.93. The van der Waals surface area contributed by atoms with Gasteiger partial charge in [0.25, 0.3) is 5.91 Å². The first kappa shape index (κ1) is 16.0. The van der Waals surface area contributed by atoms with Crippen LogP contribution in [0.5, 0.6) is 0 Å². The molecule has 26 heavy (non-hydrogen) atoms. The van der Waals surface area contributed by atoms with E-state index in [0.29, 0.717) is 16.8 Å². The fourth-order valence-electron chi connectivity index (χ4n) is 2.74. The van der Waals surface area contributed by atoms with Gasteiger partial charge >= 0.3 is 0 Å². The van der Waals surface area contributed by atoms with E-state index in [4.69, 9.17) is 0 Å². The smallest absolute Gasteiger partial charge is 0.276 e. The zero-order valence-corrected chi connectivity index (χ0v) is 13.5. The number of carbonyl (C=O) groups excluding carboxylic acids is 1. The molecule has 0 unspecified atom stereocenters. The normalized spacial score (nSPS) is 10.8. The number of carbonyl (C=O) groups is 1. The number of rotatable bonds is 3. The Morgan fingerprint density at radius 3 is 2.15 bits per heavy atom. The molecular formula is C20H13F2N3O. The van der Waals surface area contributed by atoms with E-state index in [1.165, 1.54) is 36.4 Å². The molecule has 4 nitrogen and oxygen atoms in total. The van der Waals surface area contributed by atoms with E-state index in [0.717, 1.165) is 5.52 Å². The number of halogens is 2. The minimum atomic E-state index is -0.409. The van der Waals surface area contributed by atoms with Gasteiger partial charge in [-0.15, -0.1) is 0 Å². The lowest BCUT2D eigenvalue weighted by molar-refractivity contribution is 0.102. The number of fused-ring (bicyclic) bond motifs is 1. The molecule has 1 amide bonds. The van der Waals surface area contributed by atoms with E-state index in [1.807, 2.05) is 18.2 Å². The molecule has 4 rings (SSSR count). The highest BCUT2D eigenvalue weighted by Crippen LogP contribution is 2.23. The highest BCUT2D eigenvalue weighted by molar-refractivity contribution is 6.11. The monoisotopic (exact) mass is 349 g/mol. The summed E-state index contributed by atoms with van der Waals surface area (Å²) in [5, 5.41) is 7.78. The van der Waals surface area contributed by atoms with Crippen molar-refractivity contribution in [3.8, 4) is 5.69 Å². The largest absolute Gasteiger partial charge is 0.321 e. The van der Waals surface area contributed by atoms with E-state index < -0.39 is 5.91 Å². The predicted molar refractivity (Wildman–Crippen MR) is 95.4 cm³/mol. The average Bonchev–Trinajstić information content (AvgIpc) is 3.04. The molecular weight excluding hydrogens is 336 g/mol. The van der Waals surface area contributed by atoms with E-state index in [2.05, 4.69) is 10.4 Å². The summed E-state index contributed by atoms with van der Waals surface area (Å²) in [4.78, 5) is 12.7. The lowest BCUT2D eigenvalue weighted by Crippen LogP contribution is -2.13. The Balaban J connectivity index is 1.76. The molecule has 0 spiro atoms. The molecule has 0 aliphatic rings. The highest BCUT2D eigenvalue weighted by atomic mass is 19.1. The van der Waals surface area contributed by atoms with E-state index in [-0.39, 0.29) is 17.3 Å². The Labute approximate surface area is 147 Å². The van der Waals surface area contributed by atoms with Crippen LogP contribution in [0.15, 0.2) is 72.8 Å². The van der Waals surface area contributed by atoms with Crippen LogP contribution in [0.2, 0.25) is 0 Å². The number of hydrogen-bond acceptors (Lipinski definition) is 2. The van der Waals surface area contributed by atoms with Gasteiger partial charge in [-0.1, -0.05) is 18.2 Å². The van der Waals surface area contributed by atoms with Gasteiger partial charge in [-0.2, -0.15) is 5.10 Å². The van der Waals surface area contributed by atoms with Crippen LogP contribution in [-0.4, -0.2) is 15.7 Å². The van der Waals surface area contributed by atoms with Gasteiger partial charge in [-0.05, 0) is 54.6 Å². The van der Waals surface area contributed by atoms with Crippen LogP contribution in [-0.2, 0) is 0 Å². The summed E-state index contributed by atoms with van der Waals surface area (Å²) in [6.45, 7) is 0. The molecule has 128 valence electrons. The summed E-state index contributed by atoms with van der Waals surface area (Å²) in [6.07, 6.45) is 0. The van der Waals surface area contributed by atoms with Crippen LogP contribution < -0.4 is 5.32 Å². The van der Waals surface area contributed by atoms with Crippen molar-refractivity contribution in [3.05, 3.63) is 90.1 Å². The maximum absolute atomic E-state index is 13.2. The van der Waals surface area contributed by atoms with Gasteiger partial charge in [-0.25, -0.2) is 13.5 Å². The summed E-state index contributed by atoms with van der Waals surface area (Å²) < 4.78 is 27.8. The van der Waals surface area contributed by atoms with Gasteiger partial charge in [0.05, 0.1) is 11.2 Å². The minimum Gasteiger partial charge on any atom is -0.321 e. The molecule has 1 aromatic heterocycles. The summed E-state index contributed by atoms with van der Waals surface area (Å²) in [5.41, 5.74) is 2.07. The number of amides is 1. The maximum atomic E-state index is 13.2. The van der Waals surface area contributed by atoms with Crippen molar-refractivity contribution < 1.29 is 13.6 Å². The van der Waals surface area contributed by atoms with Crippen LogP contribution in [0.25, 0.3) is 16.6 Å². The second kappa shape index (κ2) is 6.40. The Bertz CT molecular complexity index is 1090. The summed E-state index contributed by atoms with van der Waals surface area (Å²) in [5.74, 6) is -1.14. The topological polar surface area (TPSA) is 46.9 Å². The molecule has 0 fully saturated rings. The van der Waals surface area contributed by atoms with Crippen LogP contribution in [0.4, 0.5) is 14.5 Å². The van der Waals surface area contributed by atoms with Crippen molar-refractivity contribution in [2.75, 3.05) is 5.32 Å². The summed E-state index contributed by atoms with van der Waals surface area (Å²) in [6, 6.07) is 18.6. The van der Waals surface area contributed by atoms with Gasteiger partial charge in [0.1, 0.15) is 11.6 Å². The number of aromatic nitrogens is 2. The van der Waals surface area contributed by atoms with E-state index >= 15 is 0 Å². The highest BCUT2D eigenvalue weighted by Gasteiger charge is 2.18. The van der Waals surface area contributed by atoms with Crippen LogP contribution in [0, 0.1) is 11.6 Å². The zero-order valence-electron chi connectivity index (χ0n) is 13.5. The molecule has 0 aliphatic carbocycles. The van der Waals surface area contributed by atoms with Gasteiger partial charge in [-0.3, -0.25) is 4.79 Å². The number of nitrogens with zero attached hydrogens (tertiary/aromatic N) is 2. The molecule has 1 N–H and O–H groups in total. The molecule has 0 saturated carbocycles. The molecule has 0 radical (unpaired) electrons. The quantitative estimate of drug-likeness (QED) is 0.589. The standard InChI is InChI=1S/C20H13F2N3O/c21-13-5-9-15(10-6-13)23-20(26)19-17-3-1-2-4-18(17)25(24-19)16-11-7-14(22)8-12-16/h1-12H,(H,23,26). The zero-order chi connectivity index (χ0) is 18.1. The lowest BCUT2D eigenvalue weighted by atomic mass is 10.2. The second-order valence-corrected chi connectivity index (χ2v) is 5.71. The van der Waals surface area contributed by atoms with Gasteiger partial charge < -0.3 is 5.32 Å². The Morgan fingerprint density at radius 2 is 1.46 bits per heavy atom. The second-order valence-electron chi connectivity index (χ2n) is 5.71. The molecule has 4 aromatic rings. The number of nitrogens with one attached hydrogen (secondary N) is 1. The van der Waals surface area contributed by atoms with E-state index in [9.17, 15) is 13.6 Å². The third-order valence-corrected chi connectivity index (χ3v) is 3.98. The molecule has 0 aliphatic heterocycles. The number of anilines is 1. The molecule has 6 heteroatoms. The van der Waals surface area contributed by atoms with E-state index in [1.54, 1.807) is 22.9 Å². The number of hydrogen-bond donors (Lipinski definition) is 1. The first-order chi connectivity index (χ1) is 12.6. The van der Waals surface area contributed by atoms with Crippen molar-refractivity contribution in [1.82, 2.24) is 9.78 Å². The van der Waals surface area contributed by atoms with Gasteiger partial charge in [0.15, 0.2) is 5.69 Å². The molecule has 0 saturated heterocycles. The lowest BCUT2D eigenvalue weighted by Gasteiger charge is -2.03. The molecule has 3 aromatic carbocycles.